The van der Waals surface area contributed by atoms with Gasteiger partial charge in [0.15, 0.2) is 0 Å². The Morgan fingerprint density at radius 2 is 2.04 bits per heavy atom. The summed E-state index contributed by atoms with van der Waals surface area (Å²) in [5.74, 6) is -0.757. The summed E-state index contributed by atoms with van der Waals surface area (Å²) in [4.78, 5) is 27.1. The van der Waals surface area contributed by atoms with Gasteiger partial charge in [-0.3, -0.25) is 14.6 Å². The zero-order valence-corrected chi connectivity index (χ0v) is 13.7. The van der Waals surface area contributed by atoms with Crippen LogP contribution in [0.15, 0.2) is 48.8 Å². The lowest BCUT2D eigenvalue weighted by Crippen LogP contribution is -2.29. The van der Waals surface area contributed by atoms with E-state index in [-0.39, 0.29) is 12.3 Å². The number of anilines is 1. The van der Waals surface area contributed by atoms with Gasteiger partial charge in [0.1, 0.15) is 12.4 Å². The van der Waals surface area contributed by atoms with Gasteiger partial charge in [0, 0.05) is 36.1 Å². The molecule has 0 spiro atoms. The molecule has 0 saturated heterocycles. The van der Waals surface area contributed by atoms with Crippen LogP contribution >= 0.6 is 0 Å². The third-order valence-corrected chi connectivity index (χ3v) is 3.43. The number of hydrogen-bond donors (Lipinski definition) is 2. The molecular formula is C18H20N2O4. The molecule has 24 heavy (non-hydrogen) atoms. The second kappa shape index (κ2) is 7.59. The number of carboxylic acids is 1. The van der Waals surface area contributed by atoms with Crippen molar-refractivity contribution in [1.82, 2.24) is 4.98 Å². The molecule has 2 N–H and O–H groups in total. The number of nitrogens with zero attached hydrogens (tertiary/aromatic N) is 1. The Balaban J connectivity index is 1.95. The normalized spacial score (nSPS) is 10.9. The van der Waals surface area contributed by atoms with Crippen LogP contribution in [0.1, 0.15) is 25.8 Å². The summed E-state index contributed by atoms with van der Waals surface area (Å²) in [7, 11) is 0. The van der Waals surface area contributed by atoms with Crippen LogP contribution in [0.2, 0.25) is 0 Å². The van der Waals surface area contributed by atoms with Crippen molar-refractivity contribution in [3.63, 3.8) is 0 Å². The summed E-state index contributed by atoms with van der Waals surface area (Å²) in [5.41, 5.74) is 0.387. The van der Waals surface area contributed by atoms with Gasteiger partial charge in [-0.2, -0.15) is 0 Å². The fourth-order valence-corrected chi connectivity index (χ4v) is 2.00. The minimum absolute atomic E-state index is 0.108. The highest BCUT2D eigenvalue weighted by Crippen LogP contribution is 2.23. The summed E-state index contributed by atoms with van der Waals surface area (Å²) >= 11 is 0. The Kier molecular flexibility index (Phi) is 5.52. The number of benzene rings is 1. The maximum atomic E-state index is 12.0. The highest BCUT2D eigenvalue weighted by molar-refractivity contribution is 5.94. The first kappa shape index (κ1) is 17.5. The van der Waals surface area contributed by atoms with Crippen LogP contribution in [0, 0.1) is 5.41 Å². The summed E-state index contributed by atoms with van der Waals surface area (Å²) in [6, 6.07) is 10.7. The number of carbonyl (C=O) groups excluding carboxylic acids is 1. The highest BCUT2D eigenvalue weighted by Gasteiger charge is 2.30. The summed E-state index contributed by atoms with van der Waals surface area (Å²) in [6.07, 6.45) is 3.31. The zero-order chi connectivity index (χ0) is 17.6. The molecule has 6 nitrogen and oxygen atoms in total. The Hall–Kier alpha value is -2.89. The second-order valence-electron chi connectivity index (χ2n) is 6.09. The first-order chi connectivity index (χ1) is 11.4. The summed E-state index contributed by atoms with van der Waals surface area (Å²) in [5, 5.41) is 11.8. The van der Waals surface area contributed by atoms with Crippen LogP contribution in [-0.4, -0.2) is 22.0 Å². The Morgan fingerprint density at radius 1 is 1.25 bits per heavy atom. The molecule has 0 aliphatic rings. The quantitative estimate of drug-likeness (QED) is 0.815. The first-order valence-corrected chi connectivity index (χ1v) is 7.52. The van der Waals surface area contributed by atoms with E-state index in [1.54, 1.807) is 36.7 Å². The molecule has 0 fully saturated rings. The second-order valence-corrected chi connectivity index (χ2v) is 6.09. The van der Waals surface area contributed by atoms with Gasteiger partial charge in [0.2, 0.25) is 5.91 Å². The van der Waals surface area contributed by atoms with E-state index < -0.39 is 11.4 Å². The average molecular weight is 328 g/mol. The smallest absolute Gasteiger partial charge is 0.309 e. The van der Waals surface area contributed by atoms with Crippen LogP contribution in [0.25, 0.3) is 0 Å². The fraction of sp³-hybridized carbons (Fsp3) is 0.278. The Morgan fingerprint density at radius 3 is 2.71 bits per heavy atom. The highest BCUT2D eigenvalue weighted by atomic mass is 16.5. The molecule has 0 unspecified atom stereocenters. The largest absolute Gasteiger partial charge is 0.489 e. The van der Waals surface area contributed by atoms with Gasteiger partial charge in [-0.15, -0.1) is 0 Å². The molecule has 2 rings (SSSR count). The molecule has 1 aromatic heterocycles. The molecule has 1 amide bonds. The topological polar surface area (TPSA) is 88.5 Å². The third-order valence-electron chi connectivity index (χ3n) is 3.43. The number of amides is 1. The average Bonchev–Trinajstić information content (AvgIpc) is 2.53. The minimum Gasteiger partial charge on any atom is -0.489 e. The van der Waals surface area contributed by atoms with Crippen molar-refractivity contribution in [2.24, 2.45) is 5.41 Å². The van der Waals surface area contributed by atoms with E-state index in [1.807, 2.05) is 12.1 Å². The van der Waals surface area contributed by atoms with Crippen LogP contribution in [0.4, 0.5) is 5.69 Å². The van der Waals surface area contributed by atoms with Crippen molar-refractivity contribution in [3.05, 3.63) is 54.4 Å². The molecule has 0 atom stereocenters. The molecule has 1 heterocycles. The molecule has 0 bridgehead atoms. The van der Waals surface area contributed by atoms with Gasteiger partial charge in [0.25, 0.3) is 0 Å². The van der Waals surface area contributed by atoms with Crippen molar-refractivity contribution in [1.29, 1.82) is 0 Å². The number of rotatable bonds is 7. The summed E-state index contributed by atoms with van der Waals surface area (Å²) < 4.78 is 5.67. The minimum atomic E-state index is -1.11. The molecule has 2 aromatic rings. The monoisotopic (exact) mass is 328 g/mol. The first-order valence-electron chi connectivity index (χ1n) is 7.52. The van der Waals surface area contributed by atoms with Crippen molar-refractivity contribution < 1.29 is 19.4 Å². The predicted octanol–water partition coefficient (Wildman–Crippen LogP) is 3.10. The lowest BCUT2D eigenvalue weighted by Gasteiger charge is -2.18. The lowest BCUT2D eigenvalue weighted by atomic mass is 9.89. The lowest BCUT2D eigenvalue weighted by molar-refractivity contribution is -0.148. The standard InChI is InChI=1S/C18H20N2O4/c1-18(2,17(22)23)10-16(21)20-14-6-3-7-15(9-14)24-12-13-5-4-8-19-11-13/h3-9,11H,10,12H2,1-2H3,(H,20,21)(H,22,23). The molecule has 0 aliphatic heterocycles. The van der Waals surface area contributed by atoms with Crippen molar-refractivity contribution in [2.45, 2.75) is 26.9 Å². The molecule has 1 aromatic carbocycles. The van der Waals surface area contributed by atoms with E-state index in [9.17, 15) is 9.59 Å². The number of nitrogens with one attached hydrogen (secondary N) is 1. The fourth-order valence-electron chi connectivity index (χ4n) is 2.00. The number of aromatic nitrogens is 1. The number of ether oxygens (including phenoxy) is 1. The van der Waals surface area contributed by atoms with E-state index in [0.29, 0.717) is 18.0 Å². The molecule has 6 heteroatoms. The van der Waals surface area contributed by atoms with Gasteiger partial charge >= 0.3 is 5.97 Å². The van der Waals surface area contributed by atoms with Gasteiger partial charge in [-0.1, -0.05) is 12.1 Å². The molecule has 126 valence electrons. The maximum absolute atomic E-state index is 12.0. The zero-order valence-electron chi connectivity index (χ0n) is 13.7. The van der Waals surface area contributed by atoms with Crippen LogP contribution in [-0.2, 0) is 16.2 Å². The van der Waals surface area contributed by atoms with E-state index >= 15 is 0 Å². The van der Waals surface area contributed by atoms with Crippen LogP contribution in [0.5, 0.6) is 5.75 Å². The van der Waals surface area contributed by atoms with Crippen LogP contribution in [0.3, 0.4) is 0 Å². The number of aliphatic carboxylic acids is 1. The summed E-state index contributed by atoms with van der Waals surface area (Å²) in [6.45, 7) is 3.40. The molecule has 0 radical (unpaired) electrons. The van der Waals surface area contributed by atoms with E-state index in [1.165, 1.54) is 13.8 Å². The van der Waals surface area contributed by atoms with Gasteiger partial charge < -0.3 is 15.2 Å². The van der Waals surface area contributed by atoms with Crippen molar-refractivity contribution in [3.8, 4) is 5.75 Å². The number of carbonyl (C=O) groups is 2. The molecule has 0 saturated carbocycles. The van der Waals surface area contributed by atoms with E-state index in [4.69, 9.17) is 9.84 Å². The van der Waals surface area contributed by atoms with Crippen LogP contribution < -0.4 is 10.1 Å². The van der Waals surface area contributed by atoms with Crippen molar-refractivity contribution >= 4 is 17.6 Å². The SMILES string of the molecule is CC(C)(CC(=O)Nc1cccc(OCc2cccnc2)c1)C(=O)O. The van der Waals surface area contributed by atoms with Crippen molar-refractivity contribution in [2.75, 3.05) is 5.32 Å². The van der Waals surface area contributed by atoms with E-state index in [2.05, 4.69) is 10.3 Å². The third kappa shape index (κ3) is 5.08. The Labute approximate surface area is 140 Å². The number of hydrogen-bond acceptors (Lipinski definition) is 4. The van der Waals surface area contributed by atoms with E-state index in [0.717, 1.165) is 5.56 Å². The molecule has 0 aliphatic carbocycles. The van der Waals surface area contributed by atoms with Gasteiger partial charge in [-0.25, -0.2) is 0 Å². The Bertz CT molecular complexity index is 714. The number of carboxylic acid groups (broad SMARTS) is 1. The predicted molar refractivity (Wildman–Crippen MR) is 89.7 cm³/mol. The molecular weight excluding hydrogens is 308 g/mol. The maximum Gasteiger partial charge on any atom is 0.309 e. The van der Waals surface area contributed by atoms with Gasteiger partial charge in [0.05, 0.1) is 5.41 Å². The van der Waals surface area contributed by atoms with Gasteiger partial charge in [-0.05, 0) is 32.0 Å². The number of pyridine rings is 1.